The number of hydrogen-bond donors (Lipinski definition) is 1. The minimum atomic E-state index is -1.19. The van der Waals surface area contributed by atoms with Crippen molar-refractivity contribution in [2.45, 2.75) is 48.2 Å². The number of fused-ring (bicyclic) bond motifs is 2. The van der Waals surface area contributed by atoms with Gasteiger partial charge < -0.3 is 5.11 Å². The molecule has 98 valence electrons. The maximum atomic E-state index is 13.8. The van der Waals surface area contributed by atoms with E-state index in [1.54, 1.807) is 0 Å². The van der Waals surface area contributed by atoms with E-state index in [9.17, 15) is 13.9 Å². The number of halogens is 2. The molecule has 3 rings (SSSR count). The number of thioether (sulfide) groups is 1. The van der Waals surface area contributed by atoms with Gasteiger partial charge in [0.2, 0.25) is 0 Å². The normalized spacial score (nSPS) is 35.5. The van der Waals surface area contributed by atoms with E-state index in [1.807, 2.05) is 11.8 Å². The highest BCUT2D eigenvalue weighted by molar-refractivity contribution is 8.00. The summed E-state index contributed by atoms with van der Waals surface area (Å²) in [6, 6.07) is 3.36. The first-order valence-electron chi connectivity index (χ1n) is 6.40. The van der Waals surface area contributed by atoms with Crippen molar-refractivity contribution in [1.29, 1.82) is 0 Å². The van der Waals surface area contributed by atoms with E-state index in [1.165, 1.54) is 6.42 Å². The van der Waals surface area contributed by atoms with Gasteiger partial charge in [0.15, 0.2) is 0 Å². The quantitative estimate of drug-likeness (QED) is 0.841. The highest BCUT2D eigenvalue weighted by Crippen LogP contribution is 2.49. The summed E-state index contributed by atoms with van der Waals surface area (Å²) in [5.41, 5.74) is -1.05. The molecule has 1 N–H and O–H groups in total. The lowest BCUT2D eigenvalue weighted by atomic mass is 9.80. The number of benzene rings is 1. The van der Waals surface area contributed by atoms with Crippen LogP contribution >= 0.6 is 11.8 Å². The summed E-state index contributed by atoms with van der Waals surface area (Å²) < 4.78 is 27.1. The molecule has 2 aliphatic heterocycles. The third kappa shape index (κ3) is 2.16. The summed E-state index contributed by atoms with van der Waals surface area (Å²) in [6.07, 6.45) is 4.40. The standard InChI is InChI=1S/C14H16F2OS/c15-9-4-5-13(16)12(6-9)14(17)7-10-2-1-3-11(8-14)18-10/h4-6,10-11,17H,1-3,7-8H2. The van der Waals surface area contributed by atoms with E-state index in [0.29, 0.717) is 23.3 Å². The van der Waals surface area contributed by atoms with Crippen LogP contribution < -0.4 is 0 Å². The average Bonchev–Trinajstić information content (AvgIpc) is 2.31. The minimum Gasteiger partial charge on any atom is -0.385 e. The molecule has 0 spiro atoms. The van der Waals surface area contributed by atoms with Gasteiger partial charge in [0.1, 0.15) is 11.6 Å². The Morgan fingerprint density at radius 1 is 1.17 bits per heavy atom. The molecule has 1 nitrogen and oxygen atoms in total. The van der Waals surface area contributed by atoms with Crippen LogP contribution in [0.25, 0.3) is 0 Å². The number of aliphatic hydroxyl groups is 1. The van der Waals surface area contributed by atoms with E-state index >= 15 is 0 Å². The van der Waals surface area contributed by atoms with E-state index < -0.39 is 17.2 Å². The topological polar surface area (TPSA) is 20.2 Å². The Balaban J connectivity index is 1.96. The fraction of sp³-hybridized carbons (Fsp3) is 0.571. The van der Waals surface area contributed by atoms with Gasteiger partial charge in [-0.15, -0.1) is 0 Å². The summed E-state index contributed by atoms with van der Waals surface area (Å²) in [6.45, 7) is 0. The molecule has 0 saturated carbocycles. The summed E-state index contributed by atoms with van der Waals surface area (Å²) in [7, 11) is 0. The van der Waals surface area contributed by atoms with Gasteiger partial charge in [-0.25, -0.2) is 8.78 Å². The number of rotatable bonds is 1. The second-order valence-electron chi connectivity index (χ2n) is 5.38. The van der Waals surface area contributed by atoms with Crippen LogP contribution in [0.3, 0.4) is 0 Å². The van der Waals surface area contributed by atoms with E-state index in [0.717, 1.165) is 31.0 Å². The van der Waals surface area contributed by atoms with Gasteiger partial charge >= 0.3 is 0 Å². The molecule has 1 aromatic carbocycles. The van der Waals surface area contributed by atoms with Crippen LogP contribution in [-0.2, 0) is 5.60 Å². The van der Waals surface area contributed by atoms with Gasteiger partial charge in [0.05, 0.1) is 5.60 Å². The third-order valence-electron chi connectivity index (χ3n) is 4.00. The fourth-order valence-electron chi connectivity index (χ4n) is 3.19. The van der Waals surface area contributed by atoms with Crippen molar-refractivity contribution in [2.24, 2.45) is 0 Å². The van der Waals surface area contributed by atoms with Crippen molar-refractivity contribution >= 4 is 11.8 Å². The molecular formula is C14H16F2OS. The van der Waals surface area contributed by atoms with Crippen molar-refractivity contribution in [3.05, 3.63) is 35.4 Å². The van der Waals surface area contributed by atoms with Crippen LogP contribution in [0.15, 0.2) is 18.2 Å². The van der Waals surface area contributed by atoms with Crippen molar-refractivity contribution in [1.82, 2.24) is 0 Å². The van der Waals surface area contributed by atoms with Crippen molar-refractivity contribution in [3.8, 4) is 0 Å². The van der Waals surface area contributed by atoms with Gasteiger partial charge in [-0.05, 0) is 43.9 Å². The largest absolute Gasteiger partial charge is 0.385 e. The second-order valence-corrected chi connectivity index (χ2v) is 6.98. The third-order valence-corrected chi connectivity index (χ3v) is 5.57. The van der Waals surface area contributed by atoms with Gasteiger partial charge in [0.25, 0.3) is 0 Å². The molecule has 2 atom stereocenters. The summed E-state index contributed by atoms with van der Waals surface area (Å²) in [5.74, 6) is -0.980. The summed E-state index contributed by atoms with van der Waals surface area (Å²) in [4.78, 5) is 0. The smallest absolute Gasteiger partial charge is 0.129 e. The molecular weight excluding hydrogens is 254 g/mol. The lowest BCUT2D eigenvalue weighted by Gasteiger charge is -2.44. The van der Waals surface area contributed by atoms with Gasteiger partial charge in [-0.1, -0.05) is 6.42 Å². The van der Waals surface area contributed by atoms with Gasteiger partial charge in [0, 0.05) is 16.1 Å². The van der Waals surface area contributed by atoms with Gasteiger partial charge in [-0.2, -0.15) is 11.8 Å². The maximum absolute atomic E-state index is 13.8. The lowest BCUT2D eigenvalue weighted by molar-refractivity contribution is 0.00464. The molecule has 0 radical (unpaired) electrons. The van der Waals surface area contributed by atoms with Crippen LogP contribution in [0.1, 0.15) is 37.7 Å². The van der Waals surface area contributed by atoms with E-state index in [2.05, 4.69) is 0 Å². The lowest BCUT2D eigenvalue weighted by Crippen LogP contribution is -2.41. The molecule has 2 fully saturated rings. The molecule has 4 heteroatoms. The Labute approximate surface area is 110 Å². The average molecular weight is 270 g/mol. The first-order valence-corrected chi connectivity index (χ1v) is 7.34. The van der Waals surface area contributed by atoms with Crippen LogP contribution in [0, 0.1) is 11.6 Å². The zero-order valence-corrected chi connectivity index (χ0v) is 10.9. The molecule has 2 heterocycles. The summed E-state index contributed by atoms with van der Waals surface area (Å²) >= 11 is 1.90. The molecule has 1 aromatic rings. The molecule has 2 unspecified atom stereocenters. The zero-order valence-electron chi connectivity index (χ0n) is 10.0. The predicted molar refractivity (Wildman–Crippen MR) is 68.5 cm³/mol. The Kier molecular flexibility index (Phi) is 3.10. The second kappa shape index (κ2) is 4.49. The molecule has 0 amide bonds. The monoisotopic (exact) mass is 270 g/mol. The fourth-order valence-corrected chi connectivity index (χ4v) is 5.09. The SMILES string of the molecule is OC1(c2cc(F)ccc2F)CC2CCCC(C1)S2. The van der Waals surface area contributed by atoms with Gasteiger partial charge in [-0.3, -0.25) is 0 Å². The molecule has 0 aliphatic carbocycles. The first-order chi connectivity index (χ1) is 8.57. The molecule has 18 heavy (non-hydrogen) atoms. The molecule has 2 bridgehead atoms. The maximum Gasteiger partial charge on any atom is 0.129 e. The Morgan fingerprint density at radius 3 is 2.50 bits per heavy atom. The van der Waals surface area contributed by atoms with Crippen molar-refractivity contribution in [2.75, 3.05) is 0 Å². The van der Waals surface area contributed by atoms with Crippen molar-refractivity contribution in [3.63, 3.8) is 0 Å². The highest BCUT2D eigenvalue weighted by Gasteiger charge is 2.43. The molecule has 2 saturated heterocycles. The van der Waals surface area contributed by atoms with Crippen LogP contribution in [-0.4, -0.2) is 15.6 Å². The Bertz CT molecular complexity index is 451. The summed E-state index contributed by atoms with van der Waals surface area (Å²) in [5, 5.41) is 11.5. The van der Waals surface area contributed by atoms with E-state index in [4.69, 9.17) is 0 Å². The number of hydrogen-bond acceptors (Lipinski definition) is 2. The van der Waals surface area contributed by atoms with Crippen LogP contribution in [0.5, 0.6) is 0 Å². The van der Waals surface area contributed by atoms with Crippen LogP contribution in [0.4, 0.5) is 8.78 Å². The first kappa shape index (κ1) is 12.4. The minimum absolute atomic E-state index is 0.139. The molecule has 0 aromatic heterocycles. The Hall–Kier alpha value is -0.610. The van der Waals surface area contributed by atoms with Crippen LogP contribution in [0.2, 0.25) is 0 Å². The zero-order chi connectivity index (χ0) is 12.8. The Morgan fingerprint density at radius 2 is 1.83 bits per heavy atom. The molecule has 2 aliphatic rings. The van der Waals surface area contributed by atoms with Crippen molar-refractivity contribution < 1.29 is 13.9 Å². The van der Waals surface area contributed by atoms with E-state index in [-0.39, 0.29) is 5.56 Å². The highest BCUT2D eigenvalue weighted by atomic mass is 32.2. The predicted octanol–water partition coefficient (Wildman–Crippen LogP) is 3.60.